The van der Waals surface area contributed by atoms with E-state index < -0.39 is 0 Å². The first kappa shape index (κ1) is 21.1. The topological polar surface area (TPSA) is 75.3 Å². The third-order valence-corrected chi connectivity index (χ3v) is 3.30. The van der Waals surface area contributed by atoms with Crippen molar-refractivity contribution in [3.05, 3.63) is 11.7 Å². The highest BCUT2D eigenvalue weighted by atomic mass is 127. The summed E-state index contributed by atoms with van der Waals surface area (Å²) in [6, 6.07) is 0.374. The molecule has 1 aromatic rings. The molecule has 1 aromatic heterocycles. The zero-order chi connectivity index (χ0) is 15.8. The molecular weight excluding hydrogens is 393 g/mol. The minimum Gasteiger partial charge on any atom is -0.357 e. The number of rotatable bonds is 7. The SMILES string of the molecule is CCNC(=NCCc1nc(C(C)C)no1)NC(C)C(C)C.I. The van der Waals surface area contributed by atoms with Gasteiger partial charge in [0, 0.05) is 24.9 Å². The van der Waals surface area contributed by atoms with Crippen LogP contribution in [0.15, 0.2) is 9.52 Å². The predicted molar refractivity (Wildman–Crippen MR) is 101 cm³/mol. The lowest BCUT2D eigenvalue weighted by Gasteiger charge is -2.20. The second-order valence-electron chi connectivity index (χ2n) is 5.89. The van der Waals surface area contributed by atoms with E-state index in [4.69, 9.17) is 4.52 Å². The van der Waals surface area contributed by atoms with Gasteiger partial charge < -0.3 is 15.2 Å². The number of hydrogen-bond acceptors (Lipinski definition) is 4. The zero-order valence-corrected chi connectivity index (χ0v) is 16.8. The molecule has 2 N–H and O–H groups in total. The highest BCUT2D eigenvalue weighted by Gasteiger charge is 2.10. The van der Waals surface area contributed by atoms with E-state index in [2.05, 4.69) is 53.5 Å². The molecule has 0 aromatic carbocycles. The normalized spacial score (nSPS) is 13.2. The number of aromatic nitrogens is 2. The van der Waals surface area contributed by atoms with Crippen LogP contribution in [0.4, 0.5) is 0 Å². The van der Waals surface area contributed by atoms with E-state index in [1.165, 1.54) is 0 Å². The summed E-state index contributed by atoms with van der Waals surface area (Å²) in [6.07, 6.45) is 0.659. The van der Waals surface area contributed by atoms with Gasteiger partial charge in [-0.25, -0.2) is 0 Å². The van der Waals surface area contributed by atoms with Gasteiger partial charge in [0.25, 0.3) is 0 Å². The van der Waals surface area contributed by atoms with Gasteiger partial charge in [-0.15, -0.1) is 24.0 Å². The van der Waals surface area contributed by atoms with Gasteiger partial charge in [-0.2, -0.15) is 4.98 Å². The van der Waals surface area contributed by atoms with Crippen LogP contribution in [0.5, 0.6) is 0 Å². The molecule has 0 radical (unpaired) electrons. The molecule has 0 aliphatic rings. The quantitative estimate of drug-likeness (QED) is 0.401. The first-order chi connectivity index (χ1) is 9.93. The maximum Gasteiger partial charge on any atom is 0.228 e. The summed E-state index contributed by atoms with van der Waals surface area (Å²) < 4.78 is 5.22. The van der Waals surface area contributed by atoms with Crippen molar-refractivity contribution in [2.75, 3.05) is 13.1 Å². The van der Waals surface area contributed by atoms with Gasteiger partial charge >= 0.3 is 0 Å². The van der Waals surface area contributed by atoms with Crippen molar-refractivity contribution in [3.63, 3.8) is 0 Å². The van der Waals surface area contributed by atoms with Gasteiger partial charge in [0.15, 0.2) is 11.8 Å². The molecule has 6 nitrogen and oxygen atoms in total. The highest BCUT2D eigenvalue weighted by Crippen LogP contribution is 2.09. The lowest BCUT2D eigenvalue weighted by Crippen LogP contribution is -2.44. The Labute approximate surface area is 150 Å². The van der Waals surface area contributed by atoms with Gasteiger partial charge in [0.1, 0.15) is 0 Å². The fourth-order valence-electron chi connectivity index (χ4n) is 1.57. The molecular formula is C15H30IN5O. The number of nitrogens with zero attached hydrogens (tertiary/aromatic N) is 3. The smallest absolute Gasteiger partial charge is 0.228 e. The van der Waals surface area contributed by atoms with Crippen LogP contribution in [0.3, 0.4) is 0 Å². The summed E-state index contributed by atoms with van der Waals surface area (Å²) in [5.41, 5.74) is 0. The van der Waals surface area contributed by atoms with E-state index >= 15 is 0 Å². The van der Waals surface area contributed by atoms with Crippen molar-refractivity contribution in [2.24, 2.45) is 10.9 Å². The highest BCUT2D eigenvalue weighted by molar-refractivity contribution is 14.0. The average Bonchev–Trinajstić information content (AvgIpc) is 2.87. The van der Waals surface area contributed by atoms with Crippen LogP contribution in [0, 0.1) is 5.92 Å². The summed E-state index contributed by atoms with van der Waals surface area (Å²) in [6.45, 7) is 14.2. The van der Waals surface area contributed by atoms with Gasteiger partial charge in [-0.3, -0.25) is 4.99 Å². The Morgan fingerprint density at radius 2 is 1.91 bits per heavy atom. The Kier molecular flexibility index (Phi) is 10.4. The Morgan fingerprint density at radius 3 is 2.41 bits per heavy atom. The molecule has 22 heavy (non-hydrogen) atoms. The van der Waals surface area contributed by atoms with E-state index in [0.717, 1.165) is 18.3 Å². The Bertz CT molecular complexity index is 445. The first-order valence-electron chi connectivity index (χ1n) is 7.81. The van der Waals surface area contributed by atoms with Crippen LogP contribution < -0.4 is 10.6 Å². The van der Waals surface area contributed by atoms with Crippen LogP contribution in [0.25, 0.3) is 0 Å². The maximum atomic E-state index is 5.22. The molecule has 0 saturated heterocycles. The lowest BCUT2D eigenvalue weighted by atomic mass is 10.1. The van der Waals surface area contributed by atoms with E-state index in [-0.39, 0.29) is 29.9 Å². The fraction of sp³-hybridized carbons (Fsp3) is 0.800. The lowest BCUT2D eigenvalue weighted by molar-refractivity contribution is 0.372. The average molecular weight is 423 g/mol. The minimum absolute atomic E-state index is 0. The van der Waals surface area contributed by atoms with Crippen LogP contribution >= 0.6 is 24.0 Å². The van der Waals surface area contributed by atoms with Crippen molar-refractivity contribution >= 4 is 29.9 Å². The monoisotopic (exact) mass is 423 g/mol. The van der Waals surface area contributed by atoms with E-state index in [1.807, 2.05) is 13.8 Å². The van der Waals surface area contributed by atoms with Gasteiger partial charge in [-0.05, 0) is 19.8 Å². The third-order valence-electron chi connectivity index (χ3n) is 3.30. The standard InChI is InChI=1S/C15H29N5O.HI/c1-7-16-15(18-12(6)10(2)3)17-9-8-13-19-14(11(4)5)20-21-13;/h10-12H,7-9H2,1-6H3,(H2,16,17,18);1H. The van der Waals surface area contributed by atoms with E-state index in [9.17, 15) is 0 Å². The largest absolute Gasteiger partial charge is 0.357 e. The van der Waals surface area contributed by atoms with Gasteiger partial charge in [0.2, 0.25) is 5.89 Å². The van der Waals surface area contributed by atoms with E-state index in [0.29, 0.717) is 30.8 Å². The summed E-state index contributed by atoms with van der Waals surface area (Å²) in [5, 5.41) is 10.6. The Hall–Kier alpha value is -0.860. The minimum atomic E-state index is 0. The predicted octanol–water partition coefficient (Wildman–Crippen LogP) is 2.95. The summed E-state index contributed by atoms with van der Waals surface area (Å²) in [4.78, 5) is 8.91. The summed E-state index contributed by atoms with van der Waals surface area (Å²) in [7, 11) is 0. The second-order valence-corrected chi connectivity index (χ2v) is 5.89. The Balaban J connectivity index is 0.00000441. The Morgan fingerprint density at radius 1 is 1.23 bits per heavy atom. The van der Waals surface area contributed by atoms with Crippen molar-refractivity contribution in [3.8, 4) is 0 Å². The zero-order valence-electron chi connectivity index (χ0n) is 14.5. The molecule has 0 amide bonds. The fourth-order valence-corrected chi connectivity index (χ4v) is 1.57. The van der Waals surface area contributed by atoms with Gasteiger partial charge in [-0.1, -0.05) is 32.9 Å². The molecule has 1 heterocycles. The molecule has 0 aliphatic carbocycles. The molecule has 0 saturated carbocycles. The molecule has 7 heteroatoms. The van der Waals surface area contributed by atoms with Crippen LogP contribution in [-0.2, 0) is 6.42 Å². The van der Waals surface area contributed by atoms with Crippen LogP contribution in [0.2, 0.25) is 0 Å². The second kappa shape index (κ2) is 10.8. The van der Waals surface area contributed by atoms with Crippen molar-refractivity contribution in [1.29, 1.82) is 0 Å². The summed E-state index contributed by atoms with van der Waals surface area (Å²) in [5.74, 6) is 3.08. The number of hydrogen-bond donors (Lipinski definition) is 2. The molecule has 0 bridgehead atoms. The molecule has 0 aliphatic heterocycles. The molecule has 1 rings (SSSR count). The summed E-state index contributed by atoms with van der Waals surface area (Å²) >= 11 is 0. The molecule has 128 valence electrons. The number of guanidine groups is 1. The van der Waals surface area contributed by atoms with Crippen molar-refractivity contribution in [1.82, 2.24) is 20.8 Å². The molecule has 0 spiro atoms. The number of aliphatic imine (C=N–C) groups is 1. The van der Waals surface area contributed by atoms with Crippen LogP contribution in [0.1, 0.15) is 59.2 Å². The third kappa shape index (κ3) is 7.42. The van der Waals surface area contributed by atoms with Crippen LogP contribution in [-0.4, -0.2) is 35.2 Å². The van der Waals surface area contributed by atoms with Gasteiger partial charge in [0.05, 0.1) is 6.54 Å². The van der Waals surface area contributed by atoms with E-state index in [1.54, 1.807) is 0 Å². The number of nitrogens with one attached hydrogen (secondary N) is 2. The first-order valence-corrected chi connectivity index (χ1v) is 7.81. The van der Waals surface area contributed by atoms with Crippen molar-refractivity contribution in [2.45, 2.75) is 59.9 Å². The maximum absolute atomic E-state index is 5.22. The number of halogens is 1. The molecule has 1 atom stereocenters. The molecule has 0 fully saturated rings. The van der Waals surface area contributed by atoms with Crippen molar-refractivity contribution < 1.29 is 4.52 Å². The molecule has 1 unspecified atom stereocenters.